The molecule has 0 aliphatic carbocycles. The molecule has 0 aliphatic heterocycles. The molecule has 0 atom stereocenters. The molecular formula is C3H2N4O2. The Kier molecular flexibility index (Phi) is 1.31. The molecule has 1 aromatic rings. The highest BCUT2D eigenvalue weighted by atomic mass is 16.6. The van der Waals surface area contributed by atoms with Gasteiger partial charge < -0.3 is 10.1 Å². The predicted octanol–water partition coefficient (Wildman–Crippen LogP) is -0.220. The van der Waals surface area contributed by atoms with Crippen molar-refractivity contribution in [2.24, 2.45) is 0 Å². The van der Waals surface area contributed by atoms with Crippen molar-refractivity contribution >= 4 is 5.82 Å². The van der Waals surface area contributed by atoms with Crippen molar-refractivity contribution in [3.05, 3.63) is 22.4 Å². The lowest BCUT2D eigenvalue weighted by atomic mass is 10.6. The first-order chi connectivity index (χ1) is 4.30. The van der Waals surface area contributed by atoms with E-state index in [1.807, 2.05) is 0 Å². The lowest BCUT2D eigenvalue weighted by Gasteiger charge is -1.84. The van der Waals surface area contributed by atoms with E-state index in [0.717, 1.165) is 0 Å². The molecule has 0 fully saturated rings. The van der Waals surface area contributed by atoms with Crippen molar-refractivity contribution in [3.8, 4) is 0 Å². The van der Waals surface area contributed by atoms with Crippen molar-refractivity contribution in [1.82, 2.24) is 15.4 Å². The molecule has 9 heavy (non-hydrogen) atoms. The average molecular weight is 126 g/mol. The van der Waals surface area contributed by atoms with Gasteiger partial charge in [0.1, 0.15) is 5.10 Å². The standard InChI is InChI=1S/C3H2N4O2/c8-7(9)3-1-2-4-6-5-3/h1-2H. The zero-order valence-corrected chi connectivity index (χ0v) is 4.26. The van der Waals surface area contributed by atoms with Gasteiger partial charge in [0, 0.05) is 0 Å². The molecule has 46 valence electrons. The first-order valence-corrected chi connectivity index (χ1v) is 2.09. The minimum Gasteiger partial charge on any atom is -0.358 e. The fourth-order valence-corrected chi connectivity index (χ4v) is 0.332. The molecule has 0 bridgehead atoms. The Balaban J connectivity index is 2.98. The Hall–Kier alpha value is -1.59. The lowest BCUT2D eigenvalue weighted by Crippen LogP contribution is -1.94. The van der Waals surface area contributed by atoms with Crippen LogP contribution in [0.5, 0.6) is 0 Å². The molecule has 6 nitrogen and oxygen atoms in total. The van der Waals surface area contributed by atoms with E-state index in [-0.39, 0.29) is 5.82 Å². The Bertz CT molecular complexity index is 210. The van der Waals surface area contributed by atoms with Crippen LogP contribution in [-0.4, -0.2) is 20.3 Å². The van der Waals surface area contributed by atoms with Crippen LogP contribution in [0.1, 0.15) is 0 Å². The predicted molar refractivity (Wildman–Crippen MR) is 26.5 cm³/mol. The van der Waals surface area contributed by atoms with Crippen molar-refractivity contribution in [2.75, 3.05) is 0 Å². The molecule has 0 unspecified atom stereocenters. The Morgan fingerprint density at radius 2 is 2.44 bits per heavy atom. The van der Waals surface area contributed by atoms with Crippen LogP contribution in [0.3, 0.4) is 0 Å². The van der Waals surface area contributed by atoms with Crippen LogP contribution in [-0.2, 0) is 0 Å². The summed E-state index contributed by atoms with van der Waals surface area (Å²) < 4.78 is 0. The van der Waals surface area contributed by atoms with Gasteiger partial charge in [-0.25, -0.2) is 0 Å². The average Bonchev–Trinajstić information content (AvgIpc) is 1.90. The van der Waals surface area contributed by atoms with Gasteiger partial charge >= 0.3 is 5.82 Å². The van der Waals surface area contributed by atoms with Crippen LogP contribution in [0.25, 0.3) is 0 Å². The monoisotopic (exact) mass is 126 g/mol. The van der Waals surface area contributed by atoms with Crippen LogP contribution in [0.2, 0.25) is 0 Å². The summed E-state index contributed by atoms with van der Waals surface area (Å²) in [7, 11) is 0. The molecule has 1 aromatic heterocycles. The smallest absolute Gasteiger partial charge is 0.358 e. The maximum atomic E-state index is 9.88. The molecule has 0 spiro atoms. The van der Waals surface area contributed by atoms with Crippen LogP contribution in [0, 0.1) is 10.1 Å². The quantitative estimate of drug-likeness (QED) is 0.383. The van der Waals surface area contributed by atoms with Gasteiger partial charge in [-0.2, -0.15) is 0 Å². The SMILES string of the molecule is O=[N+]([O-])c1ccnnn1. The van der Waals surface area contributed by atoms with Crippen molar-refractivity contribution in [1.29, 1.82) is 0 Å². The zero-order chi connectivity index (χ0) is 6.69. The van der Waals surface area contributed by atoms with Gasteiger partial charge in [-0.05, 0) is 4.92 Å². The molecule has 0 saturated heterocycles. The summed E-state index contributed by atoms with van der Waals surface area (Å²) in [4.78, 5) is 9.25. The fourth-order valence-electron chi connectivity index (χ4n) is 0.332. The van der Waals surface area contributed by atoms with Gasteiger partial charge in [0.15, 0.2) is 0 Å². The second-order valence-corrected chi connectivity index (χ2v) is 1.24. The summed E-state index contributed by atoms with van der Waals surface area (Å²) in [6.07, 6.45) is 1.21. The first-order valence-electron chi connectivity index (χ1n) is 2.09. The van der Waals surface area contributed by atoms with Crippen LogP contribution >= 0.6 is 0 Å². The maximum absolute atomic E-state index is 9.88. The Morgan fingerprint density at radius 1 is 1.67 bits per heavy atom. The van der Waals surface area contributed by atoms with E-state index in [0.29, 0.717) is 0 Å². The van der Waals surface area contributed by atoms with Crippen molar-refractivity contribution in [2.45, 2.75) is 0 Å². The van der Waals surface area contributed by atoms with Gasteiger partial charge in [-0.15, -0.1) is 5.10 Å². The summed E-state index contributed by atoms with van der Waals surface area (Å²) >= 11 is 0. The summed E-state index contributed by atoms with van der Waals surface area (Å²) in [5.74, 6) is -0.287. The third-order valence-electron chi connectivity index (χ3n) is 0.676. The number of nitro groups is 1. The van der Waals surface area contributed by atoms with Gasteiger partial charge in [0.05, 0.1) is 17.5 Å². The third-order valence-corrected chi connectivity index (χ3v) is 0.676. The molecule has 0 amide bonds. The minimum absolute atomic E-state index is 0.287. The number of hydrogen-bond donors (Lipinski definition) is 0. The van der Waals surface area contributed by atoms with Gasteiger partial charge in [0.25, 0.3) is 0 Å². The molecule has 0 aromatic carbocycles. The van der Waals surface area contributed by atoms with Gasteiger partial charge in [0.2, 0.25) is 0 Å². The number of aromatic nitrogens is 3. The number of hydrogen-bond acceptors (Lipinski definition) is 5. The highest BCUT2D eigenvalue weighted by Gasteiger charge is 2.03. The van der Waals surface area contributed by atoms with E-state index in [2.05, 4.69) is 15.4 Å². The second kappa shape index (κ2) is 2.12. The summed E-state index contributed by atoms with van der Waals surface area (Å²) in [6.45, 7) is 0. The normalized spacial score (nSPS) is 8.89. The van der Waals surface area contributed by atoms with E-state index >= 15 is 0 Å². The van der Waals surface area contributed by atoms with E-state index < -0.39 is 4.92 Å². The van der Waals surface area contributed by atoms with E-state index in [4.69, 9.17) is 0 Å². The molecule has 1 heterocycles. The van der Waals surface area contributed by atoms with E-state index in [9.17, 15) is 10.1 Å². The van der Waals surface area contributed by atoms with Crippen LogP contribution in [0.4, 0.5) is 5.82 Å². The fraction of sp³-hybridized carbons (Fsp3) is 0. The molecule has 0 aliphatic rings. The van der Waals surface area contributed by atoms with Gasteiger partial charge in [-0.1, -0.05) is 0 Å². The molecular weight excluding hydrogens is 124 g/mol. The van der Waals surface area contributed by atoms with Crippen LogP contribution in [0.15, 0.2) is 12.3 Å². The Morgan fingerprint density at radius 3 is 2.78 bits per heavy atom. The summed E-state index contributed by atoms with van der Waals surface area (Å²) in [5, 5.41) is 19.3. The number of nitrogens with zero attached hydrogens (tertiary/aromatic N) is 4. The topological polar surface area (TPSA) is 81.8 Å². The largest absolute Gasteiger partial charge is 0.394 e. The van der Waals surface area contributed by atoms with Crippen molar-refractivity contribution < 1.29 is 4.92 Å². The third kappa shape index (κ3) is 1.15. The summed E-state index contributed by atoms with van der Waals surface area (Å²) in [6, 6.07) is 1.17. The molecule has 0 N–H and O–H groups in total. The maximum Gasteiger partial charge on any atom is 0.394 e. The first kappa shape index (κ1) is 5.54. The lowest BCUT2D eigenvalue weighted by molar-refractivity contribution is -0.390. The van der Waals surface area contributed by atoms with E-state index in [1.54, 1.807) is 0 Å². The van der Waals surface area contributed by atoms with Crippen molar-refractivity contribution in [3.63, 3.8) is 0 Å². The molecule has 6 heteroatoms. The highest BCUT2D eigenvalue weighted by molar-refractivity contribution is 5.10. The Labute approximate surface area is 49.7 Å². The van der Waals surface area contributed by atoms with Gasteiger partial charge in [-0.3, -0.25) is 0 Å². The summed E-state index contributed by atoms with van der Waals surface area (Å²) in [5.41, 5.74) is 0. The molecule has 0 radical (unpaired) electrons. The highest BCUT2D eigenvalue weighted by Crippen LogP contribution is 1.98. The minimum atomic E-state index is -0.630. The van der Waals surface area contributed by atoms with Crippen LogP contribution < -0.4 is 0 Å². The molecule has 0 saturated carbocycles. The molecule has 1 rings (SSSR count). The zero-order valence-electron chi connectivity index (χ0n) is 4.26. The van der Waals surface area contributed by atoms with E-state index in [1.165, 1.54) is 12.3 Å². The second-order valence-electron chi connectivity index (χ2n) is 1.24. The number of rotatable bonds is 1.